The molecular formula is C20H22N8S. The van der Waals surface area contributed by atoms with Crippen molar-refractivity contribution in [1.82, 2.24) is 40.5 Å². The summed E-state index contributed by atoms with van der Waals surface area (Å²) >= 11 is 1.65. The van der Waals surface area contributed by atoms with Crippen LogP contribution in [-0.2, 0) is 13.6 Å². The number of aryl methyl sites for hydroxylation is 1. The molecule has 0 atom stereocenters. The molecule has 0 amide bonds. The summed E-state index contributed by atoms with van der Waals surface area (Å²) in [5, 5.41) is 25.3. The van der Waals surface area contributed by atoms with Gasteiger partial charge in [0, 0.05) is 24.9 Å². The number of tetrazole rings is 1. The van der Waals surface area contributed by atoms with Gasteiger partial charge in [-0.1, -0.05) is 60.3 Å². The molecule has 0 bridgehead atoms. The lowest BCUT2D eigenvalue weighted by atomic mass is 10.1. The summed E-state index contributed by atoms with van der Waals surface area (Å²) in [6.07, 6.45) is 0.993. The zero-order valence-electron chi connectivity index (χ0n) is 16.1. The van der Waals surface area contributed by atoms with Crippen molar-refractivity contribution >= 4 is 11.8 Å². The Kier molecular flexibility index (Phi) is 6.28. The first-order valence-electron chi connectivity index (χ1n) is 9.44. The maximum Gasteiger partial charge on any atom is 0.214 e. The minimum atomic E-state index is 0.685. The summed E-state index contributed by atoms with van der Waals surface area (Å²) in [6, 6.07) is 20.1. The minimum Gasteiger partial charge on any atom is -0.311 e. The van der Waals surface area contributed by atoms with Crippen molar-refractivity contribution in [2.75, 3.05) is 12.3 Å². The van der Waals surface area contributed by atoms with Gasteiger partial charge in [0.1, 0.15) is 11.4 Å². The van der Waals surface area contributed by atoms with E-state index in [4.69, 9.17) is 0 Å². The molecule has 9 heteroatoms. The third kappa shape index (κ3) is 4.87. The third-order valence-electron chi connectivity index (χ3n) is 4.29. The van der Waals surface area contributed by atoms with Crippen molar-refractivity contribution < 1.29 is 0 Å². The molecule has 0 fully saturated rings. The van der Waals surface area contributed by atoms with E-state index >= 15 is 0 Å². The van der Waals surface area contributed by atoms with Crippen LogP contribution in [0.1, 0.15) is 12.1 Å². The van der Waals surface area contributed by atoms with Crippen molar-refractivity contribution in [2.45, 2.75) is 18.1 Å². The van der Waals surface area contributed by atoms with Crippen LogP contribution in [0.4, 0.5) is 0 Å². The molecule has 0 unspecified atom stereocenters. The molecule has 8 nitrogen and oxygen atoms in total. The molecule has 0 spiro atoms. The molecule has 0 aliphatic heterocycles. The summed E-state index contributed by atoms with van der Waals surface area (Å²) in [5.41, 5.74) is 3.94. The van der Waals surface area contributed by atoms with Gasteiger partial charge in [-0.15, -0.1) is 5.10 Å². The number of rotatable bonds is 9. The molecule has 4 aromatic rings. The first-order chi connectivity index (χ1) is 14.3. The molecule has 0 aliphatic carbocycles. The van der Waals surface area contributed by atoms with Gasteiger partial charge in [0.25, 0.3) is 0 Å². The van der Waals surface area contributed by atoms with Crippen molar-refractivity contribution in [1.29, 1.82) is 0 Å². The second-order valence-electron chi connectivity index (χ2n) is 6.44. The molecule has 0 aliphatic rings. The first-order valence-corrected chi connectivity index (χ1v) is 10.4. The summed E-state index contributed by atoms with van der Waals surface area (Å²) < 4.78 is 1.77. The fourth-order valence-corrected chi connectivity index (χ4v) is 3.78. The molecule has 29 heavy (non-hydrogen) atoms. The first kappa shape index (κ1) is 19.3. The van der Waals surface area contributed by atoms with Crippen LogP contribution in [0.15, 0.2) is 65.8 Å². The van der Waals surface area contributed by atoms with Gasteiger partial charge in [-0.25, -0.2) is 0 Å². The summed E-state index contributed by atoms with van der Waals surface area (Å²) in [5.74, 6) is 0.923. The SMILES string of the molecule is Cn1nc(CNCCCSc2nnnn2-c2ccccc2)c(-c2ccccc2)n1. The summed E-state index contributed by atoms with van der Waals surface area (Å²) in [6.45, 7) is 1.56. The quantitative estimate of drug-likeness (QED) is 0.338. The molecule has 2 aromatic heterocycles. The summed E-state index contributed by atoms with van der Waals surface area (Å²) in [7, 11) is 1.85. The lowest BCUT2D eigenvalue weighted by molar-refractivity contribution is 0.621. The monoisotopic (exact) mass is 406 g/mol. The van der Waals surface area contributed by atoms with E-state index < -0.39 is 0 Å². The van der Waals surface area contributed by atoms with Crippen LogP contribution in [0.25, 0.3) is 16.9 Å². The lowest BCUT2D eigenvalue weighted by Gasteiger charge is -2.05. The molecule has 4 rings (SSSR count). The van der Waals surface area contributed by atoms with Crippen molar-refractivity contribution in [3.63, 3.8) is 0 Å². The Bertz CT molecular complexity index is 1030. The highest BCUT2D eigenvalue weighted by Gasteiger charge is 2.11. The largest absolute Gasteiger partial charge is 0.311 e. The summed E-state index contributed by atoms with van der Waals surface area (Å²) in [4.78, 5) is 1.62. The molecule has 2 aromatic carbocycles. The van der Waals surface area contributed by atoms with Gasteiger partial charge in [-0.3, -0.25) is 0 Å². The number of aromatic nitrogens is 7. The highest BCUT2D eigenvalue weighted by Crippen LogP contribution is 2.20. The van der Waals surface area contributed by atoms with Crippen LogP contribution in [0.3, 0.4) is 0 Å². The normalized spacial score (nSPS) is 11.1. The van der Waals surface area contributed by atoms with Crippen molar-refractivity contribution in [3.8, 4) is 16.9 Å². The molecular weight excluding hydrogens is 384 g/mol. The second kappa shape index (κ2) is 9.44. The Morgan fingerprint density at radius 2 is 1.72 bits per heavy atom. The zero-order valence-corrected chi connectivity index (χ0v) is 17.0. The van der Waals surface area contributed by atoms with E-state index in [1.807, 2.05) is 55.6 Å². The van der Waals surface area contributed by atoms with E-state index in [1.165, 1.54) is 0 Å². The van der Waals surface area contributed by atoms with E-state index in [-0.39, 0.29) is 0 Å². The van der Waals surface area contributed by atoms with E-state index in [2.05, 4.69) is 43.2 Å². The lowest BCUT2D eigenvalue weighted by Crippen LogP contribution is -2.16. The van der Waals surface area contributed by atoms with Crippen LogP contribution < -0.4 is 5.32 Å². The maximum absolute atomic E-state index is 4.50. The average molecular weight is 407 g/mol. The van der Waals surface area contributed by atoms with E-state index in [1.54, 1.807) is 21.2 Å². The molecule has 2 heterocycles. The number of thioether (sulfide) groups is 1. The fourth-order valence-electron chi connectivity index (χ4n) is 2.95. The fraction of sp³-hybridized carbons (Fsp3) is 0.250. The molecule has 0 radical (unpaired) electrons. The van der Waals surface area contributed by atoms with Gasteiger partial charge in [-0.2, -0.15) is 19.7 Å². The Balaban J connectivity index is 1.26. The second-order valence-corrected chi connectivity index (χ2v) is 7.50. The number of hydrogen-bond donors (Lipinski definition) is 1. The highest BCUT2D eigenvalue weighted by molar-refractivity contribution is 7.99. The molecule has 1 N–H and O–H groups in total. The topological polar surface area (TPSA) is 86.3 Å². The van der Waals surface area contributed by atoms with Gasteiger partial charge < -0.3 is 5.32 Å². The van der Waals surface area contributed by atoms with Crippen LogP contribution in [-0.4, -0.2) is 47.5 Å². The van der Waals surface area contributed by atoms with E-state index in [0.29, 0.717) is 6.54 Å². The van der Waals surface area contributed by atoms with Crippen LogP contribution in [0.5, 0.6) is 0 Å². The van der Waals surface area contributed by atoms with Crippen molar-refractivity contribution in [2.24, 2.45) is 7.05 Å². The van der Waals surface area contributed by atoms with Gasteiger partial charge in [0.05, 0.1) is 5.69 Å². The predicted octanol–water partition coefficient (Wildman–Crippen LogP) is 2.73. The number of hydrogen-bond acceptors (Lipinski definition) is 7. The molecule has 0 saturated carbocycles. The third-order valence-corrected chi connectivity index (χ3v) is 5.30. The van der Waals surface area contributed by atoms with Gasteiger partial charge in [0.15, 0.2) is 0 Å². The van der Waals surface area contributed by atoms with Gasteiger partial charge in [-0.05, 0) is 35.5 Å². The van der Waals surface area contributed by atoms with Crippen LogP contribution in [0.2, 0.25) is 0 Å². The standard InChI is InChI=1S/C20H22N8S/c1-27-23-18(19(24-27)16-9-4-2-5-10-16)15-21-13-8-14-29-20-22-25-26-28(20)17-11-6-3-7-12-17/h2-7,9-12,21H,8,13-15H2,1H3. The van der Waals surface area contributed by atoms with Gasteiger partial charge >= 0.3 is 0 Å². The Hall–Kier alpha value is -3.04. The van der Waals surface area contributed by atoms with Crippen LogP contribution >= 0.6 is 11.8 Å². The Morgan fingerprint density at radius 1 is 0.966 bits per heavy atom. The zero-order chi connectivity index (χ0) is 19.9. The molecule has 0 saturated heterocycles. The van der Waals surface area contributed by atoms with E-state index in [0.717, 1.165) is 46.5 Å². The van der Waals surface area contributed by atoms with Gasteiger partial charge in [0.2, 0.25) is 5.16 Å². The van der Waals surface area contributed by atoms with Crippen LogP contribution in [0, 0.1) is 0 Å². The number of para-hydroxylation sites is 1. The average Bonchev–Trinajstić information content (AvgIpc) is 3.38. The predicted molar refractivity (Wildman–Crippen MR) is 113 cm³/mol. The number of benzene rings is 2. The molecule has 148 valence electrons. The number of nitrogens with one attached hydrogen (secondary N) is 1. The Morgan fingerprint density at radius 3 is 2.52 bits per heavy atom. The van der Waals surface area contributed by atoms with E-state index in [9.17, 15) is 0 Å². The smallest absolute Gasteiger partial charge is 0.214 e. The number of nitrogens with zero attached hydrogens (tertiary/aromatic N) is 7. The highest BCUT2D eigenvalue weighted by atomic mass is 32.2. The minimum absolute atomic E-state index is 0.685. The van der Waals surface area contributed by atoms with Crippen molar-refractivity contribution in [3.05, 3.63) is 66.4 Å². The maximum atomic E-state index is 4.50. The Labute approximate surface area is 173 Å².